The quantitative estimate of drug-likeness (QED) is 0.841. The van der Waals surface area contributed by atoms with Crippen LogP contribution in [-0.4, -0.2) is 36.8 Å². The molecule has 2 rings (SSSR count). The van der Waals surface area contributed by atoms with E-state index in [1.54, 1.807) is 16.4 Å². The van der Waals surface area contributed by atoms with Crippen LogP contribution in [0.5, 0.6) is 0 Å². The fourth-order valence-electron chi connectivity index (χ4n) is 2.08. The highest BCUT2D eigenvalue weighted by Gasteiger charge is 2.29. The lowest BCUT2D eigenvalue weighted by molar-refractivity contribution is 0.424. The first-order valence-corrected chi connectivity index (χ1v) is 8.37. The highest BCUT2D eigenvalue weighted by molar-refractivity contribution is 8.00. The Balaban J connectivity index is 2.35. The fraction of sp³-hybridized carbons (Fsp3) is 0.500. The number of nitrogen functional groups attached to an aromatic ring is 1. The molecule has 1 fully saturated rings. The van der Waals surface area contributed by atoms with Gasteiger partial charge in [0.2, 0.25) is 10.0 Å². The molecule has 1 atom stereocenters. The number of nitrogens with two attached hydrogens (primary N) is 1. The summed E-state index contributed by atoms with van der Waals surface area (Å²) in [4.78, 5) is 0.305. The minimum Gasteiger partial charge on any atom is -0.399 e. The van der Waals surface area contributed by atoms with Crippen LogP contribution in [0.25, 0.3) is 0 Å². The SMILES string of the molecule is Cc1cc(N)cc(S(=O)(=O)N2CCSC(C)C2)c1. The smallest absolute Gasteiger partial charge is 0.243 e. The van der Waals surface area contributed by atoms with Crippen LogP contribution in [0.1, 0.15) is 12.5 Å². The van der Waals surface area contributed by atoms with Gasteiger partial charge in [-0.15, -0.1) is 0 Å². The number of benzene rings is 1. The molecule has 0 amide bonds. The molecule has 100 valence electrons. The van der Waals surface area contributed by atoms with E-state index in [-0.39, 0.29) is 0 Å². The second kappa shape index (κ2) is 5.11. The molecule has 6 heteroatoms. The van der Waals surface area contributed by atoms with Crippen molar-refractivity contribution in [3.63, 3.8) is 0 Å². The molecule has 1 heterocycles. The Labute approximate surface area is 113 Å². The minimum absolute atomic E-state index is 0.305. The van der Waals surface area contributed by atoms with Crippen LogP contribution in [0.15, 0.2) is 23.1 Å². The summed E-state index contributed by atoms with van der Waals surface area (Å²) in [6.45, 7) is 5.05. The molecule has 2 N–H and O–H groups in total. The Morgan fingerprint density at radius 1 is 1.39 bits per heavy atom. The molecule has 1 aromatic carbocycles. The topological polar surface area (TPSA) is 63.4 Å². The third-order valence-electron chi connectivity index (χ3n) is 2.91. The third kappa shape index (κ3) is 2.81. The number of sulfonamides is 1. The molecule has 0 spiro atoms. The predicted octanol–water partition coefficient (Wildman–Crippen LogP) is 1.70. The maximum absolute atomic E-state index is 12.5. The van der Waals surface area contributed by atoms with Gasteiger partial charge in [-0.05, 0) is 30.7 Å². The molecule has 18 heavy (non-hydrogen) atoms. The van der Waals surface area contributed by atoms with Crippen molar-refractivity contribution >= 4 is 27.5 Å². The van der Waals surface area contributed by atoms with E-state index < -0.39 is 10.0 Å². The number of hydrogen-bond donors (Lipinski definition) is 1. The first-order chi connectivity index (χ1) is 8.39. The number of thioether (sulfide) groups is 1. The molecule has 0 bridgehead atoms. The Hall–Kier alpha value is -0.720. The average Bonchev–Trinajstić information content (AvgIpc) is 2.27. The van der Waals surface area contributed by atoms with Crippen LogP contribution >= 0.6 is 11.8 Å². The molecule has 0 saturated carbocycles. The molecule has 0 aromatic heterocycles. The maximum atomic E-state index is 12.5. The molecule has 1 aliphatic heterocycles. The summed E-state index contributed by atoms with van der Waals surface area (Å²) in [5.74, 6) is 0.849. The molecule has 1 aliphatic rings. The largest absolute Gasteiger partial charge is 0.399 e. The van der Waals surface area contributed by atoms with Crippen molar-refractivity contribution in [1.82, 2.24) is 4.31 Å². The number of rotatable bonds is 2. The lowest BCUT2D eigenvalue weighted by Gasteiger charge is -2.29. The van der Waals surface area contributed by atoms with Gasteiger partial charge in [0.05, 0.1) is 4.90 Å². The standard InChI is InChI=1S/C12H18N2O2S2/c1-9-5-11(13)7-12(6-9)18(15,16)14-3-4-17-10(2)8-14/h5-7,10H,3-4,8,13H2,1-2H3. The van der Waals surface area contributed by atoms with Crippen LogP contribution in [0.3, 0.4) is 0 Å². The number of aryl methyl sites for hydroxylation is 1. The van der Waals surface area contributed by atoms with E-state index in [2.05, 4.69) is 6.92 Å². The van der Waals surface area contributed by atoms with E-state index in [0.717, 1.165) is 11.3 Å². The van der Waals surface area contributed by atoms with Gasteiger partial charge in [0.15, 0.2) is 0 Å². The first kappa shape index (κ1) is 13.7. The summed E-state index contributed by atoms with van der Waals surface area (Å²) in [6, 6.07) is 4.99. The van der Waals surface area contributed by atoms with Gasteiger partial charge in [-0.3, -0.25) is 0 Å². The highest BCUT2D eigenvalue weighted by atomic mass is 32.2. The zero-order valence-electron chi connectivity index (χ0n) is 10.6. The van der Waals surface area contributed by atoms with Gasteiger partial charge in [-0.1, -0.05) is 6.92 Å². The highest BCUT2D eigenvalue weighted by Crippen LogP contribution is 2.25. The molecule has 0 radical (unpaired) electrons. The minimum atomic E-state index is -3.40. The fourth-order valence-corrected chi connectivity index (χ4v) is 4.97. The number of anilines is 1. The van der Waals surface area contributed by atoms with Gasteiger partial charge in [0.1, 0.15) is 0 Å². The summed E-state index contributed by atoms with van der Waals surface area (Å²) in [5.41, 5.74) is 7.09. The van der Waals surface area contributed by atoms with Gasteiger partial charge in [0, 0.05) is 29.8 Å². The van der Waals surface area contributed by atoms with E-state index >= 15 is 0 Å². The normalized spacial score (nSPS) is 22.0. The molecule has 1 aromatic rings. The first-order valence-electron chi connectivity index (χ1n) is 5.88. The zero-order valence-corrected chi connectivity index (χ0v) is 12.2. The summed E-state index contributed by atoms with van der Waals surface area (Å²) in [7, 11) is -3.40. The predicted molar refractivity (Wildman–Crippen MR) is 76.3 cm³/mol. The summed E-state index contributed by atoms with van der Waals surface area (Å²) < 4.78 is 26.6. The van der Waals surface area contributed by atoms with E-state index in [9.17, 15) is 8.42 Å². The molecular weight excluding hydrogens is 268 g/mol. The van der Waals surface area contributed by atoms with Crippen LogP contribution in [0.2, 0.25) is 0 Å². The lowest BCUT2D eigenvalue weighted by atomic mass is 10.2. The molecule has 4 nitrogen and oxygen atoms in total. The van der Waals surface area contributed by atoms with E-state index in [0.29, 0.717) is 28.9 Å². The molecule has 1 saturated heterocycles. The van der Waals surface area contributed by atoms with Crippen molar-refractivity contribution < 1.29 is 8.42 Å². The van der Waals surface area contributed by atoms with E-state index in [4.69, 9.17) is 5.73 Å². The summed E-state index contributed by atoms with van der Waals surface area (Å²) >= 11 is 1.81. The van der Waals surface area contributed by atoms with E-state index in [1.165, 1.54) is 6.07 Å². The second-order valence-corrected chi connectivity index (χ2v) is 8.11. The maximum Gasteiger partial charge on any atom is 0.243 e. The Morgan fingerprint density at radius 3 is 2.72 bits per heavy atom. The lowest BCUT2D eigenvalue weighted by Crippen LogP contribution is -2.40. The van der Waals surface area contributed by atoms with Crippen molar-refractivity contribution in [2.24, 2.45) is 0 Å². The van der Waals surface area contributed by atoms with Gasteiger partial charge in [0.25, 0.3) is 0 Å². The molecule has 1 unspecified atom stereocenters. The Kier molecular flexibility index (Phi) is 3.89. The van der Waals surface area contributed by atoms with Crippen LogP contribution in [0, 0.1) is 6.92 Å². The van der Waals surface area contributed by atoms with Crippen molar-refractivity contribution in [3.8, 4) is 0 Å². The van der Waals surface area contributed by atoms with Crippen molar-refractivity contribution in [2.45, 2.75) is 24.0 Å². The second-order valence-electron chi connectivity index (χ2n) is 4.62. The van der Waals surface area contributed by atoms with Crippen LogP contribution in [-0.2, 0) is 10.0 Å². The van der Waals surface area contributed by atoms with Crippen LogP contribution in [0.4, 0.5) is 5.69 Å². The van der Waals surface area contributed by atoms with Crippen molar-refractivity contribution in [3.05, 3.63) is 23.8 Å². The van der Waals surface area contributed by atoms with Crippen molar-refractivity contribution in [2.75, 3.05) is 24.6 Å². The monoisotopic (exact) mass is 286 g/mol. The van der Waals surface area contributed by atoms with E-state index in [1.807, 2.05) is 18.7 Å². The Morgan fingerprint density at radius 2 is 2.11 bits per heavy atom. The van der Waals surface area contributed by atoms with Crippen LogP contribution < -0.4 is 5.73 Å². The molecular formula is C12H18N2O2S2. The Bertz CT molecular complexity index is 523. The van der Waals surface area contributed by atoms with Gasteiger partial charge in [-0.2, -0.15) is 16.1 Å². The zero-order chi connectivity index (χ0) is 13.3. The number of nitrogens with zero attached hydrogens (tertiary/aromatic N) is 1. The van der Waals surface area contributed by atoms with Gasteiger partial charge < -0.3 is 5.73 Å². The molecule has 0 aliphatic carbocycles. The van der Waals surface area contributed by atoms with Gasteiger partial charge >= 0.3 is 0 Å². The third-order valence-corrected chi connectivity index (χ3v) is 5.89. The van der Waals surface area contributed by atoms with Crippen molar-refractivity contribution in [1.29, 1.82) is 0 Å². The number of hydrogen-bond acceptors (Lipinski definition) is 4. The summed E-state index contributed by atoms with van der Waals surface area (Å²) in [6.07, 6.45) is 0. The average molecular weight is 286 g/mol. The van der Waals surface area contributed by atoms with Gasteiger partial charge in [-0.25, -0.2) is 8.42 Å². The summed E-state index contributed by atoms with van der Waals surface area (Å²) in [5, 5.41) is 0.343.